The normalized spacial score (nSPS) is 18.3. The highest BCUT2D eigenvalue weighted by Crippen LogP contribution is 2.23. The summed E-state index contributed by atoms with van der Waals surface area (Å²) in [6, 6.07) is 6.08. The van der Waals surface area contributed by atoms with E-state index < -0.39 is 0 Å². The Balaban J connectivity index is 1.70. The van der Waals surface area contributed by atoms with Gasteiger partial charge in [0.05, 0.1) is 5.52 Å². The molecule has 2 aromatic rings. The van der Waals surface area contributed by atoms with Crippen molar-refractivity contribution in [2.45, 2.75) is 64.0 Å². The van der Waals surface area contributed by atoms with Crippen molar-refractivity contribution in [3.8, 4) is 0 Å². The first-order valence-electron chi connectivity index (χ1n) is 9.20. The summed E-state index contributed by atoms with van der Waals surface area (Å²) >= 11 is 0. The number of pyridine rings is 1. The zero-order chi connectivity index (χ0) is 16.5. The van der Waals surface area contributed by atoms with E-state index in [1.54, 1.807) is 6.20 Å². The fourth-order valence-corrected chi connectivity index (χ4v) is 4.20. The quantitative estimate of drug-likeness (QED) is 0.861. The predicted octanol–water partition coefficient (Wildman–Crippen LogP) is 3.40. The van der Waals surface area contributed by atoms with Gasteiger partial charge in [0, 0.05) is 24.2 Å². The molecule has 0 bridgehead atoms. The van der Waals surface area contributed by atoms with Crippen molar-refractivity contribution in [1.29, 1.82) is 0 Å². The number of hydrogen-bond donors (Lipinski definition) is 1. The minimum absolute atomic E-state index is 0.129. The summed E-state index contributed by atoms with van der Waals surface area (Å²) in [7, 11) is 0. The predicted molar refractivity (Wildman–Crippen MR) is 95.5 cm³/mol. The third kappa shape index (κ3) is 2.74. The highest BCUT2D eigenvalue weighted by Gasteiger charge is 2.21. The Labute approximate surface area is 141 Å². The lowest BCUT2D eigenvalue weighted by Gasteiger charge is -2.21. The van der Waals surface area contributed by atoms with Crippen molar-refractivity contribution in [2.24, 2.45) is 0 Å². The molecule has 126 valence electrons. The number of rotatable bonds is 2. The average molecular weight is 324 g/mol. The molecule has 0 unspecified atom stereocenters. The fraction of sp³-hybridized carbons (Fsp3) is 0.500. The third-order valence-corrected chi connectivity index (χ3v) is 5.46. The monoisotopic (exact) mass is 324 g/mol. The number of hydrogen-bond acceptors (Lipinski definition) is 2. The van der Waals surface area contributed by atoms with Crippen LogP contribution in [0.5, 0.6) is 0 Å². The Kier molecular flexibility index (Phi) is 4.13. The molecule has 24 heavy (non-hydrogen) atoms. The van der Waals surface area contributed by atoms with E-state index in [0.29, 0.717) is 10.9 Å². The highest BCUT2D eigenvalue weighted by atomic mass is 16.2. The summed E-state index contributed by atoms with van der Waals surface area (Å²) in [6.45, 7) is 0.873. The van der Waals surface area contributed by atoms with Gasteiger partial charge in [0.25, 0.3) is 5.91 Å². The van der Waals surface area contributed by atoms with E-state index in [9.17, 15) is 9.59 Å². The molecule has 0 spiro atoms. The third-order valence-electron chi connectivity index (χ3n) is 5.46. The molecule has 1 aromatic carbocycles. The summed E-state index contributed by atoms with van der Waals surface area (Å²) < 4.78 is 2.09. The van der Waals surface area contributed by atoms with Gasteiger partial charge in [-0.2, -0.15) is 0 Å². The van der Waals surface area contributed by atoms with E-state index in [1.165, 1.54) is 18.4 Å². The van der Waals surface area contributed by atoms with Crippen molar-refractivity contribution >= 4 is 16.8 Å². The number of carbonyl (C=O) groups is 1. The molecule has 1 N–H and O–H groups in total. The fourth-order valence-electron chi connectivity index (χ4n) is 4.20. The van der Waals surface area contributed by atoms with Gasteiger partial charge in [-0.25, -0.2) is 0 Å². The van der Waals surface area contributed by atoms with Gasteiger partial charge in [0.2, 0.25) is 5.43 Å². The largest absolute Gasteiger partial charge is 0.349 e. The van der Waals surface area contributed by atoms with Gasteiger partial charge in [0.15, 0.2) is 0 Å². The van der Waals surface area contributed by atoms with E-state index in [0.717, 1.165) is 50.6 Å². The second-order valence-corrected chi connectivity index (χ2v) is 7.14. The lowest BCUT2D eigenvalue weighted by molar-refractivity contribution is 0.0931. The van der Waals surface area contributed by atoms with Crippen LogP contribution in [0.4, 0.5) is 0 Å². The molecule has 1 saturated carbocycles. The maximum Gasteiger partial charge on any atom is 0.256 e. The zero-order valence-corrected chi connectivity index (χ0v) is 14.0. The van der Waals surface area contributed by atoms with Gasteiger partial charge in [-0.05, 0) is 37.3 Å². The summed E-state index contributed by atoms with van der Waals surface area (Å²) in [5, 5.41) is 3.79. The highest BCUT2D eigenvalue weighted by molar-refractivity contribution is 5.98. The van der Waals surface area contributed by atoms with Crippen LogP contribution < -0.4 is 10.7 Å². The van der Waals surface area contributed by atoms with Crippen LogP contribution in [0.1, 0.15) is 60.9 Å². The van der Waals surface area contributed by atoms with Gasteiger partial charge in [-0.3, -0.25) is 9.59 Å². The lowest BCUT2D eigenvalue weighted by Crippen LogP contribution is -2.37. The zero-order valence-electron chi connectivity index (χ0n) is 14.0. The number of carbonyl (C=O) groups excluding carboxylic acids is 1. The molecule has 1 amide bonds. The van der Waals surface area contributed by atoms with Crippen LogP contribution in [-0.2, 0) is 13.0 Å². The van der Waals surface area contributed by atoms with E-state index in [4.69, 9.17) is 0 Å². The number of benzene rings is 1. The van der Waals surface area contributed by atoms with Crippen LogP contribution in [-0.4, -0.2) is 16.5 Å². The van der Waals surface area contributed by atoms with E-state index >= 15 is 0 Å². The van der Waals surface area contributed by atoms with Crippen molar-refractivity contribution in [2.75, 3.05) is 0 Å². The average Bonchev–Trinajstić information content (AvgIpc) is 2.86. The van der Waals surface area contributed by atoms with Gasteiger partial charge < -0.3 is 9.88 Å². The number of aromatic nitrogens is 1. The van der Waals surface area contributed by atoms with Crippen LogP contribution in [0.15, 0.2) is 29.2 Å². The van der Waals surface area contributed by atoms with Gasteiger partial charge in [-0.15, -0.1) is 0 Å². The molecule has 4 heteroatoms. The smallest absolute Gasteiger partial charge is 0.256 e. The molecule has 4 rings (SSSR count). The Morgan fingerprint density at radius 1 is 1.08 bits per heavy atom. The van der Waals surface area contributed by atoms with Crippen LogP contribution in [0.25, 0.3) is 10.9 Å². The molecule has 2 heterocycles. The Morgan fingerprint density at radius 2 is 1.88 bits per heavy atom. The molecular formula is C20H24N2O2. The maximum absolute atomic E-state index is 12.8. The number of amides is 1. The van der Waals surface area contributed by atoms with Crippen molar-refractivity contribution in [3.05, 3.63) is 45.7 Å². The van der Waals surface area contributed by atoms with Gasteiger partial charge in [-0.1, -0.05) is 37.8 Å². The van der Waals surface area contributed by atoms with Crippen LogP contribution in [0.3, 0.4) is 0 Å². The van der Waals surface area contributed by atoms with Crippen molar-refractivity contribution in [1.82, 2.24) is 9.88 Å². The molecule has 1 aromatic heterocycles. The molecule has 1 aliphatic heterocycles. The van der Waals surface area contributed by atoms with Gasteiger partial charge >= 0.3 is 0 Å². The molecule has 0 radical (unpaired) electrons. The number of aryl methyl sites for hydroxylation is 2. The molecule has 0 atom stereocenters. The minimum atomic E-state index is -0.200. The van der Waals surface area contributed by atoms with Crippen LogP contribution >= 0.6 is 0 Å². The summed E-state index contributed by atoms with van der Waals surface area (Å²) in [5.74, 6) is -0.200. The minimum Gasteiger partial charge on any atom is -0.349 e. The van der Waals surface area contributed by atoms with E-state index in [1.807, 2.05) is 12.1 Å². The Hall–Kier alpha value is -2.10. The topological polar surface area (TPSA) is 51.1 Å². The summed E-state index contributed by atoms with van der Waals surface area (Å²) in [6.07, 6.45) is 10.7. The molecular weight excluding hydrogens is 300 g/mol. The number of nitrogens with zero attached hydrogens (tertiary/aromatic N) is 1. The first-order valence-corrected chi connectivity index (χ1v) is 9.20. The summed E-state index contributed by atoms with van der Waals surface area (Å²) in [5.41, 5.74) is 2.40. The Bertz CT molecular complexity index is 829. The molecule has 1 aliphatic carbocycles. The number of nitrogens with one attached hydrogen (secondary N) is 1. The second-order valence-electron chi connectivity index (χ2n) is 7.14. The second kappa shape index (κ2) is 6.42. The maximum atomic E-state index is 12.8. The standard InChI is InChI=1S/C20H24N2O2/c23-19-16-11-5-7-14-8-6-12-22(18(14)16)13-17(19)20(24)21-15-9-3-1-2-4-10-15/h5,7,11,13,15H,1-4,6,8-10,12H2,(H,21,24). The lowest BCUT2D eigenvalue weighted by atomic mass is 9.99. The first kappa shape index (κ1) is 15.4. The molecule has 4 nitrogen and oxygen atoms in total. The van der Waals surface area contributed by atoms with E-state index in [-0.39, 0.29) is 17.4 Å². The molecule has 0 saturated heterocycles. The first-order chi connectivity index (χ1) is 11.7. The molecule has 2 aliphatic rings. The van der Waals surface area contributed by atoms with Crippen LogP contribution in [0.2, 0.25) is 0 Å². The van der Waals surface area contributed by atoms with Gasteiger partial charge in [0.1, 0.15) is 5.56 Å². The Morgan fingerprint density at radius 3 is 2.67 bits per heavy atom. The SMILES string of the molecule is O=C(NC1CCCCCC1)c1cn2c3c(cccc3c1=O)CCC2. The van der Waals surface area contributed by atoms with Crippen LogP contribution in [0, 0.1) is 0 Å². The van der Waals surface area contributed by atoms with Crippen molar-refractivity contribution in [3.63, 3.8) is 0 Å². The van der Waals surface area contributed by atoms with E-state index in [2.05, 4.69) is 16.0 Å². The summed E-state index contributed by atoms with van der Waals surface area (Å²) in [4.78, 5) is 25.6. The van der Waals surface area contributed by atoms with Crippen molar-refractivity contribution < 1.29 is 4.79 Å². The molecule has 1 fully saturated rings. The number of para-hydroxylation sites is 1.